The zero-order valence-corrected chi connectivity index (χ0v) is 23.6. The topological polar surface area (TPSA) is 87.7 Å². The number of hydrogen-bond donors (Lipinski definition) is 2. The summed E-state index contributed by atoms with van der Waals surface area (Å²) >= 11 is 0. The lowest BCUT2D eigenvalue weighted by Crippen LogP contribution is -2.58. The van der Waals surface area contributed by atoms with Gasteiger partial charge in [0.1, 0.15) is 17.7 Å². The SMILES string of the molecule is Cc1ccccc1C(C(=O)NC1CCCCC1)N(C(=O)C(CC(C)C)NC(=O)OC(C)(C)C)C1CCC1. The minimum absolute atomic E-state index is 0.0377. The highest BCUT2D eigenvalue weighted by Crippen LogP contribution is 2.35. The van der Waals surface area contributed by atoms with Crippen LogP contribution in [0, 0.1) is 12.8 Å². The van der Waals surface area contributed by atoms with Crippen LogP contribution in [-0.2, 0) is 14.3 Å². The third-order valence-corrected chi connectivity index (χ3v) is 7.38. The summed E-state index contributed by atoms with van der Waals surface area (Å²) in [5.41, 5.74) is 1.15. The molecule has 2 atom stereocenters. The van der Waals surface area contributed by atoms with Crippen molar-refractivity contribution < 1.29 is 19.1 Å². The van der Waals surface area contributed by atoms with Crippen LogP contribution in [0.3, 0.4) is 0 Å². The number of rotatable bonds is 9. The number of carbonyl (C=O) groups excluding carboxylic acids is 3. The molecule has 3 rings (SSSR count). The molecule has 0 bridgehead atoms. The van der Waals surface area contributed by atoms with Crippen molar-refractivity contribution in [3.05, 3.63) is 35.4 Å². The molecule has 2 fully saturated rings. The molecule has 2 saturated carbocycles. The highest BCUT2D eigenvalue weighted by molar-refractivity contribution is 5.92. The molecular formula is C30H47N3O4. The van der Waals surface area contributed by atoms with E-state index in [2.05, 4.69) is 10.6 Å². The Hall–Kier alpha value is -2.57. The average Bonchev–Trinajstić information content (AvgIpc) is 2.77. The Balaban J connectivity index is 1.97. The summed E-state index contributed by atoms with van der Waals surface area (Å²) in [6.45, 7) is 11.5. The normalized spacial score (nSPS) is 18.5. The van der Waals surface area contributed by atoms with Crippen LogP contribution in [0.2, 0.25) is 0 Å². The fourth-order valence-corrected chi connectivity index (χ4v) is 5.34. The van der Waals surface area contributed by atoms with Gasteiger partial charge in [-0.2, -0.15) is 0 Å². The number of benzene rings is 1. The summed E-state index contributed by atoms with van der Waals surface area (Å²) in [5, 5.41) is 6.14. The lowest BCUT2D eigenvalue weighted by Gasteiger charge is -2.44. The molecule has 2 aliphatic rings. The first-order valence-electron chi connectivity index (χ1n) is 14.1. The van der Waals surface area contributed by atoms with Crippen LogP contribution in [0.25, 0.3) is 0 Å². The Kier molecular flexibility index (Phi) is 10.0. The molecular weight excluding hydrogens is 466 g/mol. The van der Waals surface area contributed by atoms with E-state index < -0.39 is 23.8 Å². The largest absolute Gasteiger partial charge is 0.444 e. The zero-order chi connectivity index (χ0) is 27.2. The molecule has 0 heterocycles. The number of alkyl carbamates (subject to hydrolysis) is 1. The zero-order valence-electron chi connectivity index (χ0n) is 23.6. The average molecular weight is 514 g/mol. The number of aryl methyl sites for hydroxylation is 1. The van der Waals surface area contributed by atoms with Crippen LogP contribution in [0.15, 0.2) is 24.3 Å². The summed E-state index contributed by atoms with van der Waals surface area (Å²) in [6.07, 6.45) is 7.95. The van der Waals surface area contributed by atoms with E-state index in [-0.39, 0.29) is 29.8 Å². The second kappa shape index (κ2) is 12.8. The lowest BCUT2D eigenvalue weighted by atomic mass is 9.86. The van der Waals surface area contributed by atoms with Crippen LogP contribution in [0.1, 0.15) is 110 Å². The predicted octanol–water partition coefficient (Wildman–Crippen LogP) is 5.81. The van der Waals surface area contributed by atoms with Crippen LogP contribution < -0.4 is 10.6 Å². The third-order valence-electron chi connectivity index (χ3n) is 7.38. The van der Waals surface area contributed by atoms with Crippen LogP contribution in [0.4, 0.5) is 4.79 Å². The minimum atomic E-state index is -0.774. The van der Waals surface area contributed by atoms with E-state index in [4.69, 9.17) is 4.74 Å². The van der Waals surface area contributed by atoms with Gasteiger partial charge >= 0.3 is 6.09 Å². The van der Waals surface area contributed by atoms with Gasteiger partial charge in [0.25, 0.3) is 0 Å². The van der Waals surface area contributed by atoms with Gasteiger partial charge in [-0.3, -0.25) is 9.59 Å². The van der Waals surface area contributed by atoms with E-state index >= 15 is 0 Å². The maximum atomic E-state index is 14.3. The van der Waals surface area contributed by atoms with Crippen LogP contribution in [0.5, 0.6) is 0 Å². The van der Waals surface area contributed by atoms with Gasteiger partial charge in [0.05, 0.1) is 0 Å². The Morgan fingerprint density at radius 1 is 1.00 bits per heavy atom. The highest BCUT2D eigenvalue weighted by Gasteiger charge is 2.43. The van der Waals surface area contributed by atoms with Gasteiger partial charge in [0, 0.05) is 12.1 Å². The quantitative estimate of drug-likeness (QED) is 0.436. The van der Waals surface area contributed by atoms with Crippen LogP contribution >= 0.6 is 0 Å². The number of hydrogen-bond acceptors (Lipinski definition) is 4. The van der Waals surface area contributed by atoms with Crippen molar-refractivity contribution in [1.29, 1.82) is 0 Å². The van der Waals surface area contributed by atoms with Gasteiger partial charge in [-0.25, -0.2) is 4.79 Å². The molecule has 0 aromatic heterocycles. The third kappa shape index (κ3) is 8.21. The molecule has 7 heteroatoms. The first kappa shape index (κ1) is 29.0. The molecule has 7 nitrogen and oxygen atoms in total. The smallest absolute Gasteiger partial charge is 0.408 e. The van der Waals surface area contributed by atoms with E-state index in [1.807, 2.05) is 45.0 Å². The van der Waals surface area contributed by atoms with E-state index in [0.717, 1.165) is 56.1 Å². The monoisotopic (exact) mass is 513 g/mol. The van der Waals surface area contributed by atoms with Gasteiger partial charge in [-0.15, -0.1) is 0 Å². The standard InChI is InChI=1S/C30H47N3O4/c1-20(2)19-25(32-29(36)37-30(4,5)6)28(35)33(23-16-12-17-23)26(24-18-11-10-13-21(24)3)27(34)31-22-14-8-7-9-15-22/h10-11,13,18,20,22-23,25-26H,7-9,12,14-17,19H2,1-6H3,(H,31,34)(H,32,36). The molecule has 2 N–H and O–H groups in total. The Bertz CT molecular complexity index is 929. The highest BCUT2D eigenvalue weighted by atomic mass is 16.6. The van der Waals surface area contributed by atoms with E-state index in [1.54, 1.807) is 25.7 Å². The molecule has 1 aromatic rings. The molecule has 0 saturated heterocycles. The summed E-state index contributed by atoms with van der Waals surface area (Å²) in [6, 6.07) is 6.41. The number of nitrogens with one attached hydrogen (secondary N) is 2. The van der Waals surface area contributed by atoms with Crippen molar-refractivity contribution in [3.63, 3.8) is 0 Å². The Morgan fingerprint density at radius 2 is 1.65 bits per heavy atom. The van der Waals surface area contributed by atoms with E-state index in [0.29, 0.717) is 6.42 Å². The molecule has 37 heavy (non-hydrogen) atoms. The molecule has 2 aliphatic carbocycles. The predicted molar refractivity (Wildman–Crippen MR) is 146 cm³/mol. The Morgan fingerprint density at radius 3 is 2.19 bits per heavy atom. The molecule has 0 aliphatic heterocycles. The fourth-order valence-electron chi connectivity index (χ4n) is 5.34. The summed E-state index contributed by atoms with van der Waals surface area (Å²) in [7, 11) is 0. The molecule has 3 amide bonds. The van der Waals surface area contributed by atoms with Gasteiger partial charge < -0.3 is 20.3 Å². The van der Waals surface area contributed by atoms with Crippen molar-refractivity contribution >= 4 is 17.9 Å². The number of carbonyl (C=O) groups is 3. The maximum Gasteiger partial charge on any atom is 0.408 e. The number of ether oxygens (including phenoxy) is 1. The van der Waals surface area contributed by atoms with Gasteiger partial charge in [0.15, 0.2) is 0 Å². The molecule has 2 unspecified atom stereocenters. The van der Waals surface area contributed by atoms with Crippen molar-refractivity contribution in [1.82, 2.24) is 15.5 Å². The second-order valence-electron chi connectivity index (χ2n) is 12.3. The fraction of sp³-hybridized carbons (Fsp3) is 0.700. The summed E-state index contributed by atoms with van der Waals surface area (Å²) in [4.78, 5) is 42.8. The first-order chi connectivity index (χ1) is 17.5. The van der Waals surface area contributed by atoms with Gasteiger partial charge in [-0.05, 0) is 83.3 Å². The second-order valence-corrected chi connectivity index (χ2v) is 12.3. The van der Waals surface area contributed by atoms with Crippen LogP contribution in [-0.4, -0.2) is 46.5 Å². The van der Waals surface area contributed by atoms with E-state index in [9.17, 15) is 14.4 Å². The van der Waals surface area contributed by atoms with Crippen molar-refractivity contribution in [2.24, 2.45) is 5.92 Å². The lowest BCUT2D eigenvalue weighted by molar-refractivity contribution is -0.148. The van der Waals surface area contributed by atoms with Gasteiger partial charge in [-0.1, -0.05) is 57.4 Å². The minimum Gasteiger partial charge on any atom is -0.444 e. The van der Waals surface area contributed by atoms with Gasteiger partial charge in [0.2, 0.25) is 11.8 Å². The number of amides is 3. The molecule has 0 spiro atoms. The first-order valence-corrected chi connectivity index (χ1v) is 14.1. The number of nitrogens with zero attached hydrogens (tertiary/aromatic N) is 1. The molecule has 0 radical (unpaired) electrons. The van der Waals surface area contributed by atoms with Crippen molar-refractivity contribution in [2.75, 3.05) is 0 Å². The maximum absolute atomic E-state index is 14.3. The van der Waals surface area contributed by atoms with Crippen molar-refractivity contribution in [3.8, 4) is 0 Å². The Labute approximate surface area is 223 Å². The molecule has 1 aromatic carbocycles. The van der Waals surface area contributed by atoms with Crippen molar-refractivity contribution in [2.45, 2.75) is 129 Å². The summed E-state index contributed by atoms with van der Waals surface area (Å²) in [5.74, 6) is -0.168. The molecule has 206 valence electrons. The summed E-state index contributed by atoms with van der Waals surface area (Å²) < 4.78 is 5.49. The van der Waals surface area contributed by atoms with E-state index in [1.165, 1.54) is 6.42 Å².